The SMILES string of the molecule is CC(C)NC(=O)C(=O)N/N=C\c1cc(Cl)ccc1OCc1cccc(Cl)c1. The first kappa shape index (κ1) is 20.7. The highest BCUT2D eigenvalue weighted by Crippen LogP contribution is 2.23. The van der Waals surface area contributed by atoms with Gasteiger partial charge in [0, 0.05) is 21.7 Å². The van der Waals surface area contributed by atoms with Gasteiger partial charge in [-0.2, -0.15) is 5.10 Å². The van der Waals surface area contributed by atoms with Crippen molar-refractivity contribution in [1.29, 1.82) is 0 Å². The third-order valence-electron chi connectivity index (χ3n) is 3.25. The lowest BCUT2D eigenvalue weighted by molar-refractivity contribution is -0.139. The minimum absolute atomic E-state index is 0.147. The van der Waals surface area contributed by atoms with E-state index in [0.29, 0.717) is 28.0 Å². The zero-order valence-electron chi connectivity index (χ0n) is 14.8. The third kappa shape index (κ3) is 6.92. The molecule has 0 unspecified atom stereocenters. The van der Waals surface area contributed by atoms with Gasteiger partial charge in [0.05, 0.1) is 6.21 Å². The Morgan fingerprint density at radius 2 is 1.85 bits per heavy atom. The Bertz CT molecular complexity index is 854. The normalized spacial score (nSPS) is 10.9. The van der Waals surface area contributed by atoms with Crippen molar-refractivity contribution >= 4 is 41.2 Å². The van der Waals surface area contributed by atoms with Crippen LogP contribution in [0.5, 0.6) is 5.75 Å². The number of hydrogen-bond donors (Lipinski definition) is 2. The van der Waals surface area contributed by atoms with Crippen molar-refractivity contribution in [3.63, 3.8) is 0 Å². The number of hydrogen-bond acceptors (Lipinski definition) is 4. The second-order valence-corrected chi connectivity index (χ2v) is 6.80. The highest BCUT2D eigenvalue weighted by atomic mass is 35.5. The molecule has 0 saturated heterocycles. The fourth-order valence-corrected chi connectivity index (χ4v) is 2.47. The highest BCUT2D eigenvalue weighted by Gasteiger charge is 2.13. The van der Waals surface area contributed by atoms with Gasteiger partial charge in [-0.25, -0.2) is 5.43 Å². The van der Waals surface area contributed by atoms with Crippen LogP contribution in [-0.2, 0) is 16.2 Å². The van der Waals surface area contributed by atoms with E-state index in [-0.39, 0.29) is 6.04 Å². The molecule has 0 aliphatic heterocycles. The lowest BCUT2D eigenvalue weighted by Gasteiger charge is -2.10. The molecule has 0 heterocycles. The summed E-state index contributed by atoms with van der Waals surface area (Å²) < 4.78 is 5.79. The minimum Gasteiger partial charge on any atom is -0.488 e. The average molecular weight is 408 g/mol. The summed E-state index contributed by atoms with van der Waals surface area (Å²) in [6, 6.07) is 12.2. The maximum Gasteiger partial charge on any atom is 0.329 e. The molecule has 2 N–H and O–H groups in total. The molecule has 0 aromatic heterocycles. The van der Waals surface area contributed by atoms with Gasteiger partial charge in [0.1, 0.15) is 12.4 Å². The van der Waals surface area contributed by atoms with Crippen molar-refractivity contribution in [2.45, 2.75) is 26.5 Å². The van der Waals surface area contributed by atoms with Crippen LogP contribution in [0, 0.1) is 0 Å². The molecule has 0 radical (unpaired) electrons. The van der Waals surface area contributed by atoms with E-state index in [0.717, 1.165) is 5.56 Å². The predicted molar refractivity (Wildman–Crippen MR) is 106 cm³/mol. The summed E-state index contributed by atoms with van der Waals surface area (Å²) in [7, 11) is 0. The van der Waals surface area contributed by atoms with Crippen molar-refractivity contribution in [3.05, 3.63) is 63.6 Å². The molecule has 2 aromatic rings. The van der Waals surface area contributed by atoms with Gasteiger partial charge >= 0.3 is 11.8 Å². The summed E-state index contributed by atoms with van der Waals surface area (Å²) in [5.41, 5.74) is 3.62. The number of rotatable bonds is 6. The van der Waals surface area contributed by atoms with Gasteiger partial charge in [0.25, 0.3) is 0 Å². The Balaban J connectivity index is 2.04. The van der Waals surface area contributed by atoms with Crippen molar-refractivity contribution in [3.8, 4) is 5.75 Å². The molecule has 0 atom stereocenters. The Labute approximate surface area is 167 Å². The van der Waals surface area contributed by atoms with Crippen molar-refractivity contribution < 1.29 is 14.3 Å². The van der Waals surface area contributed by atoms with Crippen LogP contribution < -0.4 is 15.5 Å². The number of carbonyl (C=O) groups excluding carboxylic acids is 2. The summed E-state index contributed by atoms with van der Waals surface area (Å²) in [4.78, 5) is 23.2. The smallest absolute Gasteiger partial charge is 0.329 e. The van der Waals surface area contributed by atoms with Crippen LogP contribution in [0.2, 0.25) is 10.0 Å². The Morgan fingerprint density at radius 1 is 1.11 bits per heavy atom. The molecule has 2 aromatic carbocycles. The minimum atomic E-state index is -0.858. The van der Waals surface area contributed by atoms with Crippen LogP contribution in [0.3, 0.4) is 0 Å². The van der Waals surface area contributed by atoms with Crippen LogP contribution in [0.15, 0.2) is 47.6 Å². The molecular weight excluding hydrogens is 389 g/mol. The van der Waals surface area contributed by atoms with Crippen molar-refractivity contribution in [1.82, 2.24) is 10.7 Å². The molecule has 6 nitrogen and oxygen atoms in total. The van der Waals surface area contributed by atoms with E-state index in [1.807, 2.05) is 12.1 Å². The van der Waals surface area contributed by atoms with E-state index in [2.05, 4.69) is 15.8 Å². The number of nitrogens with one attached hydrogen (secondary N) is 2. The summed E-state index contributed by atoms with van der Waals surface area (Å²) in [5, 5.41) is 7.37. The monoisotopic (exact) mass is 407 g/mol. The number of carbonyl (C=O) groups is 2. The van der Waals surface area contributed by atoms with Gasteiger partial charge in [-0.1, -0.05) is 35.3 Å². The lowest BCUT2D eigenvalue weighted by Crippen LogP contribution is -2.41. The van der Waals surface area contributed by atoms with Gasteiger partial charge in [-0.3, -0.25) is 9.59 Å². The van der Waals surface area contributed by atoms with E-state index >= 15 is 0 Å². The summed E-state index contributed by atoms with van der Waals surface area (Å²) in [6.07, 6.45) is 1.36. The number of benzene rings is 2. The Hall–Kier alpha value is -2.57. The first-order valence-electron chi connectivity index (χ1n) is 8.16. The zero-order valence-corrected chi connectivity index (χ0v) is 16.3. The third-order valence-corrected chi connectivity index (χ3v) is 3.72. The molecule has 27 heavy (non-hydrogen) atoms. The highest BCUT2D eigenvalue weighted by molar-refractivity contribution is 6.35. The zero-order chi connectivity index (χ0) is 19.8. The molecular formula is C19H19Cl2N3O3. The molecule has 0 aliphatic rings. The van der Waals surface area contributed by atoms with E-state index < -0.39 is 11.8 Å². The molecule has 0 saturated carbocycles. The molecule has 8 heteroatoms. The molecule has 0 bridgehead atoms. The molecule has 2 rings (SSSR count). The van der Waals surface area contributed by atoms with E-state index in [4.69, 9.17) is 27.9 Å². The maximum atomic E-state index is 11.7. The second-order valence-electron chi connectivity index (χ2n) is 5.93. The largest absolute Gasteiger partial charge is 0.488 e. The molecule has 2 amide bonds. The first-order chi connectivity index (χ1) is 12.8. The summed E-state index contributed by atoms with van der Waals surface area (Å²) >= 11 is 12.0. The van der Waals surface area contributed by atoms with Gasteiger partial charge in [0.15, 0.2) is 0 Å². The number of nitrogens with zero attached hydrogens (tertiary/aromatic N) is 1. The standard InChI is InChI=1S/C19H19Cl2N3O3/c1-12(2)23-18(25)19(26)24-22-10-14-9-16(21)6-7-17(14)27-11-13-4-3-5-15(20)8-13/h3-10,12H,11H2,1-2H3,(H,23,25)(H,24,26)/b22-10-. The number of ether oxygens (including phenoxy) is 1. The Morgan fingerprint density at radius 3 is 2.56 bits per heavy atom. The van der Waals surface area contributed by atoms with E-state index in [1.165, 1.54) is 6.21 Å². The lowest BCUT2D eigenvalue weighted by atomic mass is 10.2. The number of halogens is 2. The average Bonchev–Trinajstić information content (AvgIpc) is 2.60. The van der Waals surface area contributed by atoms with Crippen LogP contribution >= 0.6 is 23.2 Å². The quantitative estimate of drug-likeness (QED) is 0.436. The predicted octanol–water partition coefficient (Wildman–Crippen LogP) is 3.55. The summed E-state index contributed by atoms with van der Waals surface area (Å²) in [5.74, 6) is -1.10. The van der Waals surface area contributed by atoms with Crippen molar-refractivity contribution in [2.24, 2.45) is 5.10 Å². The van der Waals surface area contributed by atoms with Gasteiger partial charge in [-0.15, -0.1) is 0 Å². The van der Waals surface area contributed by atoms with Gasteiger partial charge < -0.3 is 10.1 Å². The van der Waals surface area contributed by atoms with E-state index in [1.54, 1.807) is 44.2 Å². The number of amides is 2. The van der Waals surface area contributed by atoms with Crippen LogP contribution in [0.1, 0.15) is 25.0 Å². The molecule has 0 spiro atoms. The second kappa shape index (κ2) is 9.94. The summed E-state index contributed by atoms with van der Waals surface area (Å²) in [6.45, 7) is 3.81. The van der Waals surface area contributed by atoms with E-state index in [9.17, 15) is 9.59 Å². The molecule has 0 aliphatic carbocycles. The fraction of sp³-hybridized carbons (Fsp3) is 0.211. The number of hydrazone groups is 1. The fourth-order valence-electron chi connectivity index (χ4n) is 2.08. The Kier molecular flexibility index (Phi) is 7.64. The van der Waals surface area contributed by atoms with Crippen molar-refractivity contribution in [2.75, 3.05) is 0 Å². The van der Waals surface area contributed by atoms with Gasteiger partial charge in [-0.05, 0) is 49.7 Å². The van der Waals surface area contributed by atoms with Crippen LogP contribution in [0.4, 0.5) is 0 Å². The van der Waals surface area contributed by atoms with Crippen LogP contribution in [-0.4, -0.2) is 24.1 Å². The molecule has 142 valence electrons. The maximum absolute atomic E-state index is 11.7. The molecule has 0 fully saturated rings. The first-order valence-corrected chi connectivity index (χ1v) is 8.91. The van der Waals surface area contributed by atoms with Crippen LogP contribution in [0.25, 0.3) is 0 Å². The topological polar surface area (TPSA) is 79.8 Å². The van der Waals surface area contributed by atoms with Gasteiger partial charge in [0.2, 0.25) is 0 Å².